The molecule has 1 rings (SSSR count). The van der Waals surface area contributed by atoms with Crippen LogP contribution in [0.1, 0.15) is 48.8 Å². The Hall–Kier alpha value is -1.71. The van der Waals surface area contributed by atoms with Crippen molar-refractivity contribution in [1.29, 1.82) is 0 Å². The van der Waals surface area contributed by atoms with Gasteiger partial charge in [-0.1, -0.05) is 0 Å². The Morgan fingerprint density at radius 3 is 2.61 bits per heavy atom. The van der Waals surface area contributed by atoms with E-state index in [0.29, 0.717) is 0 Å². The van der Waals surface area contributed by atoms with Gasteiger partial charge in [0.1, 0.15) is 16.7 Å². The summed E-state index contributed by atoms with van der Waals surface area (Å²) in [6, 6.07) is 0. The van der Waals surface area contributed by atoms with Gasteiger partial charge in [0.05, 0.1) is 13.2 Å². The molecule has 8 nitrogen and oxygen atoms in total. The van der Waals surface area contributed by atoms with Crippen LogP contribution in [0.2, 0.25) is 0 Å². The lowest BCUT2D eigenvalue weighted by Crippen LogP contribution is -2.34. The van der Waals surface area contributed by atoms with Gasteiger partial charge in [-0.15, -0.1) is 11.3 Å². The van der Waals surface area contributed by atoms with Crippen molar-refractivity contribution in [3.8, 4) is 0 Å². The molecule has 0 saturated carbocycles. The van der Waals surface area contributed by atoms with E-state index in [1.165, 1.54) is 12.5 Å². The Balaban J connectivity index is 2.45. The second-order valence-electron chi connectivity index (χ2n) is 5.79. The lowest BCUT2D eigenvalue weighted by atomic mass is 10.1. The van der Waals surface area contributed by atoms with Gasteiger partial charge in [0.15, 0.2) is 5.69 Å². The molecule has 0 spiro atoms. The molecule has 130 valence electrons. The lowest BCUT2D eigenvalue weighted by molar-refractivity contribution is 0.0120. The Kier molecular flexibility index (Phi) is 6.92. The highest BCUT2D eigenvalue weighted by Gasteiger charge is 2.23. The highest BCUT2D eigenvalue weighted by molar-refractivity contribution is 7.09. The smallest absolute Gasteiger partial charge is 0.407 e. The van der Waals surface area contributed by atoms with Gasteiger partial charge < -0.3 is 25.0 Å². The van der Waals surface area contributed by atoms with E-state index in [9.17, 15) is 19.8 Å². The number of aliphatic hydroxyl groups excluding tert-OH is 2. The number of aromatic nitrogens is 1. The molecule has 0 radical (unpaired) electrons. The van der Waals surface area contributed by atoms with Crippen molar-refractivity contribution in [2.45, 2.75) is 45.0 Å². The van der Waals surface area contributed by atoms with E-state index in [1.54, 1.807) is 20.8 Å². The molecule has 1 amide bonds. The zero-order valence-electron chi connectivity index (χ0n) is 13.5. The zero-order valence-corrected chi connectivity index (χ0v) is 14.3. The van der Waals surface area contributed by atoms with Gasteiger partial charge in [0, 0.05) is 11.9 Å². The van der Waals surface area contributed by atoms with Gasteiger partial charge in [-0.3, -0.25) is 0 Å². The number of aliphatic hydroxyl groups is 2. The molecular formula is C14H22N2O6S. The molecule has 0 aliphatic carbocycles. The summed E-state index contributed by atoms with van der Waals surface area (Å²) in [5.74, 6) is -0.610. The first-order chi connectivity index (χ1) is 10.6. The summed E-state index contributed by atoms with van der Waals surface area (Å²) in [7, 11) is 1.23. The van der Waals surface area contributed by atoms with E-state index in [-0.39, 0.29) is 23.7 Å². The normalized spacial score (nSPS) is 14.0. The van der Waals surface area contributed by atoms with E-state index >= 15 is 0 Å². The Morgan fingerprint density at radius 1 is 1.39 bits per heavy atom. The number of amides is 1. The molecule has 3 N–H and O–H groups in total. The van der Waals surface area contributed by atoms with E-state index in [2.05, 4.69) is 15.0 Å². The molecule has 9 heteroatoms. The number of esters is 1. The molecule has 1 heterocycles. The average molecular weight is 346 g/mol. The first-order valence-corrected chi connectivity index (χ1v) is 7.88. The van der Waals surface area contributed by atoms with E-state index in [4.69, 9.17) is 4.74 Å². The number of nitrogens with zero attached hydrogens (tertiary/aromatic N) is 1. The van der Waals surface area contributed by atoms with Crippen molar-refractivity contribution in [1.82, 2.24) is 10.3 Å². The fourth-order valence-electron chi connectivity index (χ4n) is 1.58. The third-order valence-electron chi connectivity index (χ3n) is 2.64. The molecule has 0 aromatic carbocycles. The van der Waals surface area contributed by atoms with Crippen molar-refractivity contribution in [2.75, 3.05) is 13.7 Å². The fourth-order valence-corrected chi connectivity index (χ4v) is 2.41. The number of hydrogen-bond acceptors (Lipinski definition) is 8. The third kappa shape index (κ3) is 6.51. The molecule has 0 aliphatic rings. The topological polar surface area (TPSA) is 118 Å². The number of hydrogen-bond donors (Lipinski definition) is 3. The SMILES string of the molecule is COC(=O)c1csc(C(O)C(O)CCNC(=O)OC(C)(C)C)n1. The maximum absolute atomic E-state index is 11.5. The van der Waals surface area contributed by atoms with Crippen LogP contribution in [-0.2, 0) is 9.47 Å². The summed E-state index contributed by atoms with van der Waals surface area (Å²) < 4.78 is 9.57. The minimum atomic E-state index is -1.25. The van der Waals surface area contributed by atoms with Crippen LogP contribution in [0.5, 0.6) is 0 Å². The fraction of sp³-hybridized carbons (Fsp3) is 0.643. The number of ether oxygens (including phenoxy) is 2. The maximum atomic E-state index is 11.5. The van der Waals surface area contributed by atoms with Crippen molar-refractivity contribution in [3.05, 3.63) is 16.1 Å². The van der Waals surface area contributed by atoms with E-state index in [0.717, 1.165) is 11.3 Å². The van der Waals surface area contributed by atoms with Crippen LogP contribution in [0.3, 0.4) is 0 Å². The molecular weight excluding hydrogens is 324 g/mol. The van der Waals surface area contributed by atoms with Crippen molar-refractivity contribution < 1.29 is 29.3 Å². The summed E-state index contributed by atoms with van der Waals surface area (Å²) in [6.45, 7) is 5.36. The highest BCUT2D eigenvalue weighted by atomic mass is 32.1. The van der Waals surface area contributed by atoms with Crippen LogP contribution in [0.15, 0.2) is 5.38 Å². The molecule has 0 saturated heterocycles. The van der Waals surface area contributed by atoms with Crippen molar-refractivity contribution in [2.24, 2.45) is 0 Å². The number of alkyl carbamates (subject to hydrolysis) is 1. The minimum Gasteiger partial charge on any atom is -0.464 e. The van der Waals surface area contributed by atoms with Gasteiger partial charge >= 0.3 is 12.1 Å². The van der Waals surface area contributed by atoms with Crippen molar-refractivity contribution >= 4 is 23.4 Å². The molecule has 1 aromatic rings. The van der Waals surface area contributed by atoms with Crippen LogP contribution in [-0.4, -0.2) is 52.6 Å². The second-order valence-corrected chi connectivity index (χ2v) is 6.68. The Morgan fingerprint density at radius 2 is 2.04 bits per heavy atom. The molecule has 2 unspecified atom stereocenters. The summed E-state index contributed by atoms with van der Waals surface area (Å²) >= 11 is 1.04. The first-order valence-electron chi connectivity index (χ1n) is 7.00. The highest BCUT2D eigenvalue weighted by Crippen LogP contribution is 2.23. The predicted octanol–water partition coefficient (Wildman–Crippen LogP) is 1.24. The predicted molar refractivity (Wildman–Crippen MR) is 83.3 cm³/mol. The largest absolute Gasteiger partial charge is 0.464 e. The zero-order chi connectivity index (χ0) is 17.6. The number of nitrogens with one attached hydrogen (secondary N) is 1. The van der Waals surface area contributed by atoms with Gasteiger partial charge in [-0.25, -0.2) is 14.6 Å². The van der Waals surface area contributed by atoms with Crippen LogP contribution in [0.25, 0.3) is 0 Å². The molecule has 2 atom stereocenters. The summed E-state index contributed by atoms with van der Waals surface area (Å²) in [4.78, 5) is 26.7. The van der Waals surface area contributed by atoms with Gasteiger partial charge in [0.25, 0.3) is 0 Å². The lowest BCUT2D eigenvalue weighted by Gasteiger charge is -2.20. The maximum Gasteiger partial charge on any atom is 0.407 e. The number of carbonyl (C=O) groups is 2. The Labute approximate surface area is 138 Å². The van der Waals surface area contributed by atoms with Crippen LogP contribution in [0.4, 0.5) is 4.79 Å². The Bertz CT molecular complexity index is 540. The van der Waals surface area contributed by atoms with Gasteiger partial charge in [0.2, 0.25) is 0 Å². The number of carbonyl (C=O) groups excluding carboxylic acids is 2. The summed E-state index contributed by atoms with van der Waals surface area (Å²) in [5, 5.41) is 24.1. The van der Waals surface area contributed by atoms with Gasteiger partial charge in [-0.2, -0.15) is 0 Å². The molecule has 1 aromatic heterocycles. The van der Waals surface area contributed by atoms with Crippen molar-refractivity contribution in [3.63, 3.8) is 0 Å². The minimum absolute atomic E-state index is 0.0747. The standard InChI is InChI=1S/C14H22N2O6S/c1-14(2,3)22-13(20)15-6-5-9(17)10(18)11-16-8(7-23-11)12(19)21-4/h7,9-10,17-18H,5-6H2,1-4H3,(H,15,20). The summed E-state index contributed by atoms with van der Waals surface area (Å²) in [5.41, 5.74) is -0.529. The molecule has 0 bridgehead atoms. The number of methoxy groups -OCH3 is 1. The molecule has 0 fully saturated rings. The average Bonchev–Trinajstić information content (AvgIpc) is 2.93. The van der Waals surface area contributed by atoms with E-state index < -0.39 is 29.9 Å². The number of rotatable bonds is 6. The molecule has 23 heavy (non-hydrogen) atoms. The number of thiazole rings is 1. The first kappa shape index (κ1) is 19.3. The van der Waals surface area contributed by atoms with E-state index in [1.807, 2.05) is 0 Å². The third-order valence-corrected chi connectivity index (χ3v) is 3.56. The monoisotopic (exact) mass is 346 g/mol. The van der Waals surface area contributed by atoms with Crippen LogP contribution >= 0.6 is 11.3 Å². The molecule has 0 aliphatic heterocycles. The summed E-state index contributed by atoms with van der Waals surface area (Å²) in [6.07, 6.45) is -2.88. The van der Waals surface area contributed by atoms with Crippen LogP contribution < -0.4 is 5.32 Å². The second kappa shape index (κ2) is 8.23. The van der Waals surface area contributed by atoms with Gasteiger partial charge in [-0.05, 0) is 27.2 Å². The quantitative estimate of drug-likeness (QED) is 0.663. The van der Waals surface area contributed by atoms with Crippen LogP contribution in [0, 0.1) is 0 Å².